The first-order valence-corrected chi connectivity index (χ1v) is 9.36. The molecule has 0 fully saturated rings. The molecule has 5 nitrogen and oxygen atoms in total. The summed E-state index contributed by atoms with van der Waals surface area (Å²) in [7, 11) is 1.54. The van der Waals surface area contributed by atoms with Crippen molar-refractivity contribution in [3.63, 3.8) is 0 Å². The topological polar surface area (TPSA) is 56.1 Å². The van der Waals surface area contributed by atoms with Crippen LogP contribution in [0, 0.1) is 6.92 Å². The normalized spacial score (nSPS) is 12.6. The molecule has 0 unspecified atom stereocenters. The summed E-state index contributed by atoms with van der Waals surface area (Å²) in [6, 6.07) is 19.4. The van der Waals surface area contributed by atoms with E-state index in [0.717, 1.165) is 16.9 Å². The minimum atomic E-state index is -0.694. The molecule has 0 spiro atoms. The summed E-state index contributed by atoms with van der Waals surface area (Å²) >= 11 is 0. The Balaban J connectivity index is 1.97. The third-order valence-corrected chi connectivity index (χ3v) is 4.58. The van der Waals surface area contributed by atoms with Gasteiger partial charge in [-0.05, 0) is 24.6 Å². The number of aromatic nitrogens is 2. The van der Waals surface area contributed by atoms with Crippen molar-refractivity contribution >= 4 is 11.7 Å². The maximum Gasteiger partial charge on any atom is 0.259 e. The zero-order chi connectivity index (χ0) is 20.3. The summed E-state index contributed by atoms with van der Waals surface area (Å²) in [6.07, 6.45) is -0.694. The zero-order valence-electron chi connectivity index (χ0n) is 17.1. The van der Waals surface area contributed by atoms with Crippen LogP contribution in [0.4, 0.5) is 5.82 Å². The molecule has 28 heavy (non-hydrogen) atoms. The Morgan fingerprint density at radius 3 is 2.29 bits per heavy atom. The number of ether oxygens (including phenoxy) is 1. The Morgan fingerprint density at radius 1 is 1.07 bits per heavy atom. The molecule has 5 heteroatoms. The van der Waals surface area contributed by atoms with Gasteiger partial charge in [-0.2, -0.15) is 5.10 Å². The summed E-state index contributed by atoms with van der Waals surface area (Å²) in [4.78, 5) is 13.0. The quantitative estimate of drug-likeness (QED) is 0.694. The summed E-state index contributed by atoms with van der Waals surface area (Å²) < 4.78 is 7.24. The Labute approximate surface area is 166 Å². The second-order valence-corrected chi connectivity index (χ2v) is 7.93. The number of methoxy groups -OCH3 is 1. The maximum atomic E-state index is 13.0. The predicted octanol–water partition coefficient (Wildman–Crippen LogP) is 4.80. The molecule has 0 aliphatic rings. The van der Waals surface area contributed by atoms with Crippen molar-refractivity contribution in [1.82, 2.24) is 9.78 Å². The molecule has 1 heterocycles. The van der Waals surface area contributed by atoms with Crippen molar-refractivity contribution in [2.45, 2.75) is 39.2 Å². The highest BCUT2D eigenvalue weighted by molar-refractivity contribution is 5.94. The van der Waals surface area contributed by atoms with Gasteiger partial charge in [0, 0.05) is 18.6 Å². The Morgan fingerprint density at radius 2 is 1.71 bits per heavy atom. The van der Waals surface area contributed by atoms with Gasteiger partial charge in [0.1, 0.15) is 5.82 Å². The van der Waals surface area contributed by atoms with Crippen LogP contribution in [0.3, 0.4) is 0 Å². The number of nitrogens with one attached hydrogen (secondary N) is 1. The van der Waals surface area contributed by atoms with Crippen LogP contribution in [0.15, 0.2) is 60.7 Å². The van der Waals surface area contributed by atoms with Crippen LogP contribution >= 0.6 is 0 Å². The second kappa shape index (κ2) is 7.98. The highest BCUT2D eigenvalue weighted by Crippen LogP contribution is 2.27. The Bertz CT molecular complexity index is 938. The minimum Gasteiger partial charge on any atom is -0.367 e. The molecular weight excluding hydrogens is 350 g/mol. The first-order chi connectivity index (χ1) is 13.3. The van der Waals surface area contributed by atoms with Crippen LogP contribution in [-0.2, 0) is 14.9 Å². The van der Waals surface area contributed by atoms with E-state index >= 15 is 0 Å². The van der Waals surface area contributed by atoms with Crippen molar-refractivity contribution < 1.29 is 9.53 Å². The first kappa shape index (κ1) is 19.8. The van der Waals surface area contributed by atoms with Gasteiger partial charge in [-0.1, -0.05) is 68.8 Å². The lowest BCUT2D eigenvalue weighted by atomic mass is 9.92. The van der Waals surface area contributed by atoms with E-state index in [2.05, 4.69) is 26.1 Å². The standard InChI is InChI=1S/C23H27N3O2/c1-16-11-13-18(14-12-16)26-20(15-19(25-26)23(2,3)4)24-22(27)21(28-5)17-9-7-6-8-10-17/h6-15,21H,1-5H3,(H,24,27)/t21-/m1/s1. The third kappa shape index (κ3) is 4.31. The van der Waals surface area contributed by atoms with E-state index in [1.54, 1.807) is 4.68 Å². The Kier molecular flexibility index (Phi) is 5.66. The van der Waals surface area contributed by atoms with E-state index in [4.69, 9.17) is 9.84 Å². The van der Waals surface area contributed by atoms with Gasteiger partial charge in [0.25, 0.3) is 5.91 Å². The van der Waals surface area contributed by atoms with Crippen LogP contribution in [0.2, 0.25) is 0 Å². The number of hydrogen-bond acceptors (Lipinski definition) is 3. The summed E-state index contributed by atoms with van der Waals surface area (Å²) in [5, 5.41) is 7.76. The summed E-state index contributed by atoms with van der Waals surface area (Å²) in [5.74, 6) is 0.388. The monoisotopic (exact) mass is 377 g/mol. The number of carbonyl (C=O) groups is 1. The number of nitrogens with zero attached hydrogens (tertiary/aromatic N) is 2. The van der Waals surface area contributed by atoms with Crippen LogP contribution in [0.5, 0.6) is 0 Å². The van der Waals surface area contributed by atoms with Gasteiger partial charge in [0.2, 0.25) is 0 Å². The molecule has 1 aromatic heterocycles. The molecule has 3 rings (SSSR count). The van der Waals surface area contributed by atoms with Gasteiger partial charge in [-0.25, -0.2) is 4.68 Å². The van der Waals surface area contributed by atoms with Gasteiger partial charge in [-0.3, -0.25) is 4.79 Å². The predicted molar refractivity (Wildman–Crippen MR) is 112 cm³/mol. The zero-order valence-corrected chi connectivity index (χ0v) is 17.1. The molecule has 3 aromatic rings. The van der Waals surface area contributed by atoms with Crippen molar-refractivity contribution in [2.75, 3.05) is 12.4 Å². The summed E-state index contributed by atoms with van der Waals surface area (Å²) in [5.41, 5.74) is 3.62. The van der Waals surface area contributed by atoms with Crippen LogP contribution in [-0.4, -0.2) is 22.8 Å². The molecule has 0 radical (unpaired) electrons. The molecule has 0 saturated carbocycles. The van der Waals surface area contributed by atoms with Gasteiger partial charge in [-0.15, -0.1) is 0 Å². The highest BCUT2D eigenvalue weighted by Gasteiger charge is 2.25. The van der Waals surface area contributed by atoms with Crippen LogP contribution < -0.4 is 5.32 Å². The van der Waals surface area contributed by atoms with Crippen molar-refractivity contribution in [3.8, 4) is 5.69 Å². The molecule has 2 aromatic carbocycles. The number of aryl methyl sites for hydroxylation is 1. The van der Waals surface area contributed by atoms with E-state index in [9.17, 15) is 4.79 Å². The largest absolute Gasteiger partial charge is 0.367 e. The molecule has 0 aliphatic heterocycles. The fourth-order valence-corrected chi connectivity index (χ4v) is 2.93. The number of hydrogen-bond donors (Lipinski definition) is 1. The average molecular weight is 377 g/mol. The lowest BCUT2D eigenvalue weighted by Crippen LogP contribution is -2.24. The van der Waals surface area contributed by atoms with Crippen molar-refractivity contribution in [3.05, 3.63) is 77.5 Å². The van der Waals surface area contributed by atoms with E-state index in [0.29, 0.717) is 5.82 Å². The maximum absolute atomic E-state index is 13.0. The van der Waals surface area contributed by atoms with Crippen molar-refractivity contribution in [1.29, 1.82) is 0 Å². The molecule has 0 saturated heterocycles. The van der Waals surface area contributed by atoms with Gasteiger partial charge < -0.3 is 10.1 Å². The lowest BCUT2D eigenvalue weighted by Gasteiger charge is -2.16. The van der Waals surface area contributed by atoms with Crippen LogP contribution in [0.1, 0.15) is 43.7 Å². The smallest absolute Gasteiger partial charge is 0.259 e. The molecule has 146 valence electrons. The van der Waals surface area contributed by atoms with E-state index in [1.165, 1.54) is 12.7 Å². The Hall–Kier alpha value is -2.92. The second-order valence-electron chi connectivity index (χ2n) is 7.93. The molecule has 1 N–H and O–H groups in total. The molecule has 1 atom stereocenters. The molecule has 0 bridgehead atoms. The third-order valence-electron chi connectivity index (χ3n) is 4.58. The average Bonchev–Trinajstić information content (AvgIpc) is 3.08. The molecule has 1 amide bonds. The number of anilines is 1. The fraction of sp³-hybridized carbons (Fsp3) is 0.304. The fourth-order valence-electron chi connectivity index (χ4n) is 2.93. The van der Waals surface area contributed by atoms with Gasteiger partial charge >= 0.3 is 0 Å². The van der Waals surface area contributed by atoms with Crippen LogP contribution in [0.25, 0.3) is 5.69 Å². The number of rotatable bonds is 5. The molecule has 0 aliphatic carbocycles. The number of carbonyl (C=O) groups excluding carboxylic acids is 1. The summed E-state index contributed by atoms with van der Waals surface area (Å²) in [6.45, 7) is 8.34. The molecular formula is C23H27N3O2. The SMILES string of the molecule is CO[C@@H](C(=O)Nc1cc(C(C)(C)C)nn1-c1ccc(C)cc1)c1ccccc1. The number of benzene rings is 2. The first-order valence-electron chi connectivity index (χ1n) is 9.36. The minimum absolute atomic E-state index is 0.143. The van der Waals surface area contributed by atoms with Crippen molar-refractivity contribution in [2.24, 2.45) is 0 Å². The number of amides is 1. The highest BCUT2D eigenvalue weighted by atomic mass is 16.5. The van der Waals surface area contributed by atoms with Gasteiger partial charge in [0.15, 0.2) is 6.10 Å². The lowest BCUT2D eigenvalue weighted by molar-refractivity contribution is -0.126. The van der Waals surface area contributed by atoms with E-state index in [-0.39, 0.29) is 11.3 Å². The van der Waals surface area contributed by atoms with E-state index < -0.39 is 6.10 Å². The van der Waals surface area contributed by atoms with E-state index in [1.807, 2.05) is 67.6 Å². The van der Waals surface area contributed by atoms with Gasteiger partial charge in [0.05, 0.1) is 11.4 Å².